The molecule has 0 bridgehead atoms. The van der Waals surface area contributed by atoms with Gasteiger partial charge in [-0.15, -0.1) is 0 Å². The van der Waals surface area contributed by atoms with Crippen LogP contribution < -0.4 is 5.56 Å². The molecule has 1 amide bonds. The number of H-pyrrole nitrogens is 1. The van der Waals surface area contributed by atoms with Gasteiger partial charge in [0.15, 0.2) is 0 Å². The van der Waals surface area contributed by atoms with E-state index in [1.54, 1.807) is 53.4 Å². The van der Waals surface area contributed by atoms with E-state index < -0.39 is 5.97 Å². The van der Waals surface area contributed by atoms with E-state index in [1.807, 2.05) is 6.07 Å². The average molecular weight is 447 g/mol. The average Bonchev–Trinajstić information content (AvgIpc) is 3.35. The van der Waals surface area contributed by atoms with Crippen molar-refractivity contribution >= 4 is 28.9 Å². The van der Waals surface area contributed by atoms with Crippen molar-refractivity contribution in [1.82, 2.24) is 14.9 Å². The number of fused-ring (bicyclic) bond motifs is 1. The summed E-state index contributed by atoms with van der Waals surface area (Å²) in [5, 5.41) is 0.508. The van der Waals surface area contributed by atoms with Crippen molar-refractivity contribution < 1.29 is 19.1 Å². The lowest BCUT2D eigenvalue weighted by Gasteiger charge is -2.24. The molecule has 1 aliphatic heterocycles. The summed E-state index contributed by atoms with van der Waals surface area (Å²) >= 11 is 0. The molecule has 1 atom stereocenters. The van der Waals surface area contributed by atoms with E-state index in [0.717, 1.165) is 18.4 Å². The van der Waals surface area contributed by atoms with E-state index in [0.29, 0.717) is 35.4 Å². The molecular weight excluding hydrogens is 422 g/mol. The largest absolute Gasteiger partial charge is 0.465 e. The summed E-state index contributed by atoms with van der Waals surface area (Å²) in [5.41, 5.74) is 1.56. The summed E-state index contributed by atoms with van der Waals surface area (Å²) in [7, 11) is 1.33. The lowest BCUT2D eigenvalue weighted by molar-refractivity contribution is -0.128. The SMILES string of the molecule is COC(=O)c1ccc(/C=C/C(=O)N(Cc2nc3ccccc3c(=O)[nH]2)CC2CCCO2)cc1. The first kappa shape index (κ1) is 22.4. The summed E-state index contributed by atoms with van der Waals surface area (Å²) in [6.45, 7) is 1.24. The molecular formula is C25H25N3O5. The lowest BCUT2D eigenvalue weighted by atomic mass is 10.1. The maximum Gasteiger partial charge on any atom is 0.337 e. The Morgan fingerprint density at radius 2 is 2.00 bits per heavy atom. The Bertz CT molecular complexity index is 1230. The molecule has 0 radical (unpaired) electrons. The van der Waals surface area contributed by atoms with Gasteiger partial charge in [-0.25, -0.2) is 9.78 Å². The second-order valence-corrected chi connectivity index (χ2v) is 7.83. The van der Waals surface area contributed by atoms with Gasteiger partial charge in [-0.3, -0.25) is 9.59 Å². The maximum atomic E-state index is 13.1. The fourth-order valence-electron chi connectivity index (χ4n) is 3.78. The summed E-state index contributed by atoms with van der Waals surface area (Å²) in [6.07, 6.45) is 4.95. The second kappa shape index (κ2) is 10.2. The topological polar surface area (TPSA) is 102 Å². The molecule has 0 aliphatic carbocycles. The van der Waals surface area contributed by atoms with Crippen molar-refractivity contribution in [2.24, 2.45) is 0 Å². The van der Waals surface area contributed by atoms with E-state index in [2.05, 4.69) is 9.97 Å². The van der Waals surface area contributed by atoms with E-state index in [-0.39, 0.29) is 24.1 Å². The van der Waals surface area contributed by atoms with Crippen LogP contribution in [0.15, 0.2) is 59.4 Å². The van der Waals surface area contributed by atoms with Gasteiger partial charge in [0.1, 0.15) is 5.82 Å². The lowest BCUT2D eigenvalue weighted by Crippen LogP contribution is -2.36. The monoisotopic (exact) mass is 447 g/mol. The van der Waals surface area contributed by atoms with Gasteiger partial charge >= 0.3 is 5.97 Å². The third-order valence-corrected chi connectivity index (χ3v) is 5.51. The van der Waals surface area contributed by atoms with Crippen LogP contribution in [0.3, 0.4) is 0 Å². The van der Waals surface area contributed by atoms with E-state index >= 15 is 0 Å². The molecule has 1 unspecified atom stereocenters. The van der Waals surface area contributed by atoms with Crippen molar-refractivity contribution in [3.8, 4) is 0 Å². The Labute approximate surface area is 190 Å². The van der Waals surface area contributed by atoms with Crippen molar-refractivity contribution in [2.75, 3.05) is 20.3 Å². The fourth-order valence-corrected chi connectivity index (χ4v) is 3.78. The third-order valence-electron chi connectivity index (χ3n) is 5.51. The number of carbonyl (C=O) groups is 2. The zero-order valence-corrected chi connectivity index (χ0v) is 18.3. The van der Waals surface area contributed by atoms with E-state index in [4.69, 9.17) is 9.47 Å². The molecule has 1 aromatic heterocycles. The molecule has 170 valence electrons. The number of ether oxygens (including phenoxy) is 2. The zero-order valence-electron chi connectivity index (χ0n) is 18.3. The van der Waals surface area contributed by atoms with Crippen LogP contribution >= 0.6 is 0 Å². The molecule has 8 heteroatoms. The highest BCUT2D eigenvalue weighted by molar-refractivity contribution is 5.92. The molecule has 1 fully saturated rings. The predicted molar refractivity (Wildman–Crippen MR) is 124 cm³/mol. The molecule has 1 aliphatic rings. The number of aromatic nitrogens is 2. The molecule has 0 saturated carbocycles. The van der Waals surface area contributed by atoms with E-state index in [1.165, 1.54) is 13.2 Å². The van der Waals surface area contributed by atoms with Crippen LogP contribution in [0.5, 0.6) is 0 Å². The number of methoxy groups -OCH3 is 1. The minimum absolute atomic E-state index is 0.0473. The van der Waals surface area contributed by atoms with Gasteiger partial charge in [0.2, 0.25) is 5.91 Å². The zero-order chi connectivity index (χ0) is 23.2. The van der Waals surface area contributed by atoms with Crippen LogP contribution in [-0.4, -0.2) is 53.1 Å². The molecule has 1 N–H and O–H groups in total. The number of hydrogen-bond donors (Lipinski definition) is 1. The number of amides is 1. The second-order valence-electron chi connectivity index (χ2n) is 7.83. The Balaban J connectivity index is 1.53. The van der Waals surface area contributed by atoms with Crippen LogP contribution in [0.25, 0.3) is 17.0 Å². The summed E-state index contributed by atoms with van der Waals surface area (Å²) in [6, 6.07) is 13.9. The highest BCUT2D eigenvalue weighted by atomic mass is 16.5. The van der Waals surface area contributed by atoms with Crippen molar-refractivity contribution in [1.29, 1.82) is 0 Å². The molecule has 2 heterocycles. The van der Waals surface area contributed by atoms with Gasteiger partial charge in [0.05, 0.1) is 36.2 Å². The van der Waals surface area contributed by atoms with Crippen LogP contribution in [0.2, 0.25) is 0 Å². The highest BCUT2D eigenvalue weighted by Crippen LogP contribution is 2.16. The van der Waals surface area contributed by atoms with Gasteiger partial charge in [-0.05, 0) is 48.7 Å². The smallest absolute Gasteiger partial charge is 0.337 e. The number of benzene rings is 2. The number of nitrogens with zero attached hydrogens (tertiary/aromatic N) is 2. The minimum atomic E-state index is -0.416. The molecule has 33 heavy (non-hydrogen) atoms. The number of carbonyl (C=O) groups excluding carboxylic acids is 2. The number of aromatic amines is 1. The number of para-hydroxylation sites is 1. The minimum Gasteiger partial charge on any atom is -0.465 e. The summed E-state index contributed by atoms with van der Waals surface area (Å²) in [4.78, 5) is 46.0. The van der Waals surface area contributed by atoms with Gasteiger partial charge in [0.25, 0.3) is 5.56 Å². The summed E-state index contributed by atoms with van der Waals surface area (Å²) in [5.74, 6) is -0.222. The predicted octanol–water partition coefficient (Wildman–Crippen LogP) is 2.93. The Morgan fingerprint density at radius 1 is 1.21 bits per heavy atom. The van der Waals surface area contributed by atoms with Crippen molar-refractivity contribution in [3.05, 3.63) is 81.9 Å². The molecule has 8 nitrogen and oxygen atoms in total. The Morgan fingerprint density at radius 3 is 2.73 bits per heavy atom. The third kappa shape index (κ3) is 5.53. The fraction of sp³-hybridized carbons (Fsp3) is 0.280. The molecule has 4 rings (SSSR count). The highest BCUT2D eigenvalue weighted by Gasteiger charge is 2.22. The van der Waals surface area contributed by atoms with Crippen LogP contribution in [0, 0.1) is 0 Å². The first-order valence-corrected chi connectivity index (χ1v) is 10.8. The van der Waals surface area contributed by atoms with Gasteiger partial charge in [-0.1, -0.05) is 24.3 Å². The number of nitrogens with one attached hydrogen (secondary N) is 1. The van der Waals surface area contributed by atoms with Crippen LogP contribution in [-0.2, 0) is 20.8 Å². The number of esters is 1. The Kier molecular flexibility index (Phi) is 6.95. The normalized spacial score (nSPS) is 15.7. The molecule has 0 spiro atoms. The molecule has 1 saturated heterocycles. The first-order chi connectivity index (χ1) is 16.0. The van der Waals surface area contributed by atoms with Gasteiger partial charge in [-0.2, -0.15) is 0 Å². The van der Waals surface area contributed by atoms with Gasteiger partial charge in [0, 0.05) is 19.2 Å². The van der Waals surface area contributed by atoms with Crippen LogP contribution in [0.4, 0.5) is 0 Å². The van der Waals surface area contributed by atoms with Crippen molar-refractivity contribution in [2.45, 2.75) is 25.5 Å². The number of rotatable bonds is 7. The summed E-state index contributed by atoms with van der Waals surface area (Å²) < 4.78 is 10.4. The van der Waals surface area contributed by atoms with Crippen LogP contribution in [0.1, 0.15) is 34.6 Å². The van der Waals surface area contributed by atoms with E-state index in [9.17, 15) is 14.4 Å². The number of hydrogen-bond acceptors (Lipinski definition) is 6. The molecule has 2 aromatic carbocycles. The first-order valence-electron chi connectivity index (χ1n) is 10.8. The molecule has 3 aromatic rings. The van der Waals surface area contributed by atoms with Crippen molar-refractivity contribution in [3.63, 3.8) is 0 Å². The quantitative estimate of drug-likeness (QED) is 0.441. The standard InChI is InChI=1S/C25H25N3O5/c1-32-25(31)18-11-8-17(9-12-18)10-13-23(29)28(15-19-5-4-14-33-19)16-22-26-21-7-3-2-6-20(21)24(30)27-22/h2-3,6-13,19H,4-5,14-16H2,1H3,(H,26,27,30)/b13-10+. The van der Waals surface area contributed by atoms with Gasteiger partial charge < -0.3 is 19.4 Å². The Hall–Kier alpha value is -3.78. The maximum absolute atomic E-state index is 13.1.